The van der Waals surface area contributed by atoms with Crippen LogP contribution in [-0.2, 0) is 0 Å². The number of carbonyl (C=O) groups excluding carboxylic acids is 1. The zero-order valence-electron chi connectivity index (χ0n) is 10.3. The minimum atomic E-state index is -0.0903. The van der Waals surface area contributed by atoms with Crippen LogP contribution in [-0.4, -0.2) is 5.91 Å². The minimum absolute atomic E-state index is 0.0903. The topological polar surface area (TPSA) is 29.1 Å². The third kappa shape index (κ3) is 3.20. The van der Waals surface area contributed by atoms with Crippen molar-refractivity contribution < 1.29 is 4.79 Å². The second-order valence-corrected chi connectivity index (χ2v) is 5.25. The molecule has 1 N–H and O–H groups in total. The number of hydrogen-bond donors (Lipinski definition) is 1. The monoisotopic (exact) mass is 303 g/mol. The number of anilines is 1. The molecular weight excluding hydrogens is 290 g/mol. The molecule has 2 nitrogen and oxygen atoms in total. The molecule has 0 fully saturated rings. The lowest BCUT2D eigenvalue weighted by Crippen LogP contribution is -2.11. The molecule has 0 bridgehead atoms. The summed E-state index contributed by atoms with van der Waals surface area (Å²) in [6.07, 6.45) is 0. The van der Waals surface area contributed by atoms with Gasteiger partial charge in [0.1, 0.15) is 0 Å². The number of halogens is 1. The molecule has 3 heteroatoms. The van der Waals surface area contributed by atoms with E-state index >= 15 is 0 Å². The molecule has 0 aromatic heterocycles. The van der Waals surface area contributed by atoms with Crippen molar-refractivity contribution in [2.45, 2.75) is 13.8 Å². The van der Waals surface area contributed by atoms with Crippen LogP contribution < -0.4 is 5.32 Å². The maximum absolute atomic E-state index is 12.0. The first-order valence-electron chi connectivity index (χ1n) is 5.70. The molecule has 0 aliphatic heterocycles. The van der Waals surface area contributed by atoms with E-state index < -0.39 is 0 Å². The van der Waals surface area contributed by atoms with E-state index in [0.29, 0.717) is 5.56 Å². The Kier molecular flexibility index (Phi) is 3.82. The summed E-state index contributed by atoms with van der Waals surface area (Å²) in [7, 11) is 0. The Morgan fingerprint density at radius 3 is 2.28 bits per heavy atom. The number of hydrogen-bond acceptors (Lipinski definition) is 1. The van der Waals surface area contributed by atoms with Gasteiger partial charge >= 0.3 is 0 Å². The summed E-state index contributed by atoms with van der Waals surface area (Å²) in [6, 6.07) is 13.4. The number of aryl methyl sites for hydroxylation is 2. The van der Waals surface area contributed by atoms with E-state index in [9.17, 15) is 4.79 Å². The van der Waals surface area contributed by atoms with Gasteiger partial charge in [0.25, 0.3) is 5.91 Å². The molecule has 0 spiro atoms. The summed E-state index contributed by atoms with van der Waals surface area (Å²) in [5.41, 5.74) is 3.71. The normalized spacial score (nSPS) is 10.2. The van der Waals surface area contributed by atoms with E-state index in [1.807, 2.05) is 56.3 Å². The van der Waals surface area contributed by atoms with E-state index in [2.05, 4.69) is 21.2 Å². The summed E-state index contributed by atoms with van der Waals surface area (Å²) in [4.78, 5) is 12.0. The first-order chi connectivity index (χ1) is 8.54. The Labute approximate surface area is 115 Å². The fourth-order valence-corrected chi connectivity index (χ4v) is 2.32. The van der Waals surface area contributed by atoms with Gasteiger partial charge in [0.2, 0.25) is 0 Å². The molecular formula is C15H14BrNO. The highest BCUT2D eigenvalue weighted by Gasteiger charge is 2.06. The Morgan fingerprint density at radius 1 is 1.00 bits per heavy atom. The van der Waals surface area contributed by atoms with Crippen LogP contribution in [0.25, 0.3) is 0 Å². The van der Waals surface area contributed by atoms with Gasteiger partial charge in [0.15, 0.2) is 0 Å². The number of amides is 1. The fourth-order valence-electron chi connectivity index (χ4n) is 1.72. The SMILES string of the molecule is Cc1ccc(C(=O)Nc2cc(C)cc(Br)c2)cc1. The average molecular weight is 304 g/mol. The van der Waals surface area contributed by atoms with Crippen LogP contribution in [0.4, 0.5) is 5.69 Å². The standard InChI is InChI=1S/C15H14BrNO/c1-10-3-5-12(6-4-10)15(18)17-14-8-11(2)7-13(16)9-14/h3-9H,1-2H3,(H,17,18). The molecule has 0 atom stereocenters. The van der Waals surface area contributed by atoms with Crippen molar-refractivity contribution in [2.75, 3.05) is 5.32 Å². The molecule has 0 unspecified atom stereocenters. The number of benzene rings is 2. The molecule has 2 aromatic rings. The van der Waals surface area contributed by atoms with Crippen molar-refractivity contribution in [1.29, 1.82) is 0 Å². The summed E-state index contributed by atoms with van der Waals surface area (Å²) in [6.45, 7) is 3.99. The van der Waals surface area contributed by atoms with Crippen molar-refractivity contribution in [1.82, 2.24) is 0 Å². The number of nitrogens with one attached hydrogen (secondary N) is 1. The second kappa shape index (κ2) is 5.36. The van der Waals surface area contributed by atoms with Crippen LogP contribution in [0.2, 0.25) is 0 Å². The molecule has 0 saturated carbocycles. The summed E-state index contributed by atoms with van der Waals surface area (Å²) < 4.78 is 0.960. The Hall–Kier alpha value is -1.61. The zero-order chi connectivity index (χ0) is 13.1. The summed E-state index contributed by atoms with van der Waals surface area (Å²) in [5.74, 6) is -0.0903. The molecule has 0 aliphatic carbocycles. The first-order valence-corrected chi connectivity index (χ1v) is 6.49. The molecule has 18 heavy (non-hydrogen) atoms. The number of rotatable bonds is 2. The van der Waals surface area contributed by atoms with Crippen LogP contribution in [0.3, 0.4) is 0 Å². The van der Waals surface area contributed by atoms with Gasteiger partial charge in [-0.25, -0.2) is 0 Å². The van der Waals surface area contributed by atoms with Gasteiger partial charge in [-0.15, -0.1) is 0 Å². The first kappa shape index (κ1) is 12.8. The lowest BCUT2D eigenvalue weighted by atomic mass is 10.1. The van der Waals surface area contributed by atoms with E-state index in [0.717, 1.165) is 21.3 Å². The minimum Gasteiger partial charge on any atom is -0.322 e. The highest BCUT2D eigenvalue weighted by molar-refractivity contribution is 9.10. The Morgan fingerprint density at radius 2 is 1.67 bits per heavy atom. The highest BCUT2D eigenvalue weighted by Crippen LogP contribution is 2.19. The quantitative estimate of drug-likeness (QED) is 0.879. The highest BCUT2D eigenvalue weighted by atomic mass is 79.9. The van der Waals surface area contributed by atoms with Gasteiger partial charge in [-0.2, -0.15) is 0 Å². The van der Waals surface area contributed by atoms with Gasteiger partial charge in [-0.3, -0.25) is 4.79 Å². The predicted molar refractivity (Wildman–Crippen MR) is 78.0 cm³/mol. The molecule has 2 aromatic carbocycles. The van der Waals surface area contributed by atoms with Crippen molar-refractivity contribution in [3.8, 4) is 0 Å². The van der Waals surface area contributed by atoms with E-state index in [4.69, 9.17) is 0 Å². The van der Waals surface area contributed by atoms with Crippen LogP contribution in [0.1, 0.15) is 21.5 Å². The van der Waals surface area contributed by atoms with Crippen molar-refractivity contribution in [3.63, 3.8) is 0 Å². The number of carbonyl (C=O) groups is 1. The maximum Gasteiger partial charge on any atom is 0.255 e. The Bertz CT molecular complexity index is 555. The third-order valence-electron chi connectivity index (χ3n) is 2.61. The molecule has 0 saturated heterocycles. The van der Waals surface area contributed by atoms with Crippen LogP contribution in [0.15, 0.2) is 46.9 Å². The average Bonchev–Trinajstić information content (AvgIpc) is 2.28. The second-order valence-electron chi connectivity index (χ2n) is 4.34. The Balaban J connectivity index is 2.18. The van der Waals surface area contributed by atoms with Gasteiger partial charge in [0.05, 0.1) is 0 Å². The van der Waals surface area contributed by atoms with Gasteiger partial charge in [0, 0.05) is 15.7 Å². The van der Waals surface area contributed by atoms with E-state index in [-0.39, 0.29) is 5.91 Å². The van der Waals surface area contributed by atoms with E-state index in [1.165, 1.54) is 0 Å². The fraction of sp³-hybridized carbons (Fsp3) is 0.133. The lowest BCUT2D eigenvalue weighted by molar-refractivity contribution is 0.102. The predicted octanol–water partition coefficient (Wildman–Crippen LogP) is 4.32. The lowest BCUT2D eigenvalue weighted by Gasteiger charge is -2.07. The smallest absolute Gasteiger partial charge is 0.255 e. The summed E-state index contributed by atoms with van der Waals surface area (Å²) in [5, 5.41) is 2.89. The van der Waals surface area contributed by atoms with Crippen LogP contribution >= 0.6 is 15.9 Å². The third-order valence-corrected chi connectivity index (χ3v) is 3.07. The van der Waals surface area contributed by atoms with Crippen molar-refractivity contribution >= 4 is 27.5 Å². The van der Waals surface area contributed by atoms with Crippen molar-refractivity contribution in [2.24, 2.45) is 0 Å². The van der Waals surface area contributed by atoms with Gasteiger partial charge in [-0.1, -0.05) is 33.6 Å². The molecule has 92 valence electrons. The van der Waals surface area contributed by atoms with Crippen LogP contribution in [0, 0.1) is 13.8 Å². The largest absolute Gasteiger partial charge is 0.322 e. The zero-order valence-corrected chi connectivity index (χ0v) is 11.9. The van der Waals surface area contributed by atoms with Gasteiger partial charge < -0.3 is 5.32 Å². The van der Waals surface area contributed by atoms with Crippen LogP contribution in [0.5, 0.6) is 0 Å². The summed E-state index contributed by atoms with van der Waals surface area (Å²) >= 11 is 3.42. The van der Waals surface area contributed by atoms with Gasteiger partial charge in [-0.05, 0) is 49.7 Å². The van der Waals surface area contributed by atoms with E-state index in [1.54, 1.807) is 0 Å². The molecule has 2 rings (SSSR count). The molecule has 0 radical (unpaired) electrons. The molecule has 0 aliphatic rings. The molecule has 0 heterocycles. The molecule has 1 amide bonds. The maximum atomic E-state index is 12.0. The van der Waals surface area contributed by atoms with Crippen molar-refractivity contribution in [3.05, 3.63) is 63.6 Å².